The third-order valence-electron chi connectivity index (χ3n) is 9.92. The van der Waals surface area contributed by atoms with Gasteiger partial charge in [-0.1, -0.05) is 69.7 Å². The van der Waals surface area contributed by atoms with Crippen molar-refractivity contribution in [2.45, 2.75) is 102 Å². The number of likely N-dealkylation sites (tertiary alicyclic amines) is 1. The number of carbonyl (C=O) groups excluding carboxylic acids is 4. The number of allylic oxidation sites excluding steroid dienone is 1. The monoisotopic (exact) mass is 637 g/mol. The first-order chi connectivity index (χ1) is 22.1. The molecule has 3 heterocycles. The largest absolute Gasteiger partial charge is 0.463 e. The zero-order chi connectivity index (χ0) is 33.6. The molecule has 46 heavy (non-hydrogen) atoms. The molecule has 3 aliphatic rings. The lowest BCUT2D eigenvalue weighted by atomic mass is 9.70. The van der Waals surface area contributed by atoms with Crippen molar-refractivity contribution < 1.29 is 33.8 Å². The minimum Gasteiger partial charge on any atom is -0.463 e. The maximum absolute atomic E-state index is 14.6. The number of amides is 3. The number of aliphatic hydroxyl groups is 1. The molecule has 10 heteroatoms. The molecule has 1 aromatic rings. The summed E-state index contributed by atoms with van der Waals surface area (Å²) in [5.41, 5.74) is -0.447. The van der Waals surface area contributed by atoms with Crippen molar-refractivity contribution >= 4 is 23.7 Å². The minimum absolute atomic E-state index is 0.0767. The highest BCUT2D eigenvalue weighted by Gasteiger charge is 2.75. The summed E-state index contributed by atoms with van der Waals surface area (Å²) in [4.78, 5) is 59.0. The van der Waals surface area contributed by atoms with Crippen LogP contribution in [0.15, 0.2) is 55.6 Å². The number of esters is 1. The first kappa shape index (κ1) is 35.4. The molecule has 1 aromatic carbocycles. The average molecular weight is 638 g/mol. The second kappa shape index (κ2) is 15.4. The number of carbonyl (C=O) groups is 4. The predicted octanol–water partition coefficient (Wildman–Crippen LogP) is 3.95. The van der Waals surface area contributed by atoms with E-state index in [1.54, 1.807) is 17.1 Å². The Hall–Kier alpha value is -3.50. The molecule has 3 saturated heterocycles. The molecule has 0 radical (unpaired) electrons. The lowest BCUT2D eigenvalue weighted by molar-refractivity contribution is -0.153. The van der Waals surface area contributed by atoms with Crippen molar-refractivity contribution in [3.05, 3.63) is 61.2 Å². The molecule has 4 rings (SSSR count). The van der Waals surface area contributed by atoms with E-state index in [4.69, 9.17) is 9.47 Å². The number of hydrogen-bond acceptors (Lipinski definition) is 7. The predicted molar refractivity (Wildman–Crippen MR) is 174 cm³/mol. The summed E-state index contributed by atoms with van der Waals surface area (Å²) >= 11 is 0. The molecule has 3 fully saturated rings. The smallest absolute Gasteiger partial charge is 0.306 e. The number of nitrogens with zero attached hydrogens (tertiary/aromatic N) is 2. The lowest BCUT2D eigenvalue weighted by Gasteiger charge is -2.41. The van der Waals surface area contributed by atoms with Gasteiger partial charge in [-0.05, 0) is 44.1 Å². The van der Waals surface area contributed by atoms with Gasteiger partial charge in [0, 0.05) is 19.0 Å². The number of ether oxygens (including phenoxy) is 2. The topological polar surface area (TPSA) is 125 Å². The van der Waals surface area contributed by atoms with Crippen LogP contribution in [-0.2, 0) is 28.7 Å². The maximum Gasteiger partial charge on any atom is 0.306 e. The normalized spacial score (nSPS) is 26.7. The minimum atomic E-state index is -1.20. The fraction of sp³-hybridized carbons (Fsp3) is 0.611. The van der Waals surface area contributed by atoms with Crippen LogP contribution in [0.3, 0.4) is 0 Å². The second-order valence-electron chi connectivity index (χ2n) is 13.2. The highest BCUT2D eigenvalue weighted by Crippen LogP contribution is 2.59. The number of rotatable bonds is 17. The van der Waals surface area contributed by atoms with E-state index >= 15 is 0 Å². The molecule has 10 nitrogen and oxygen atoms in total. The van der Waals surface area contributed by atoms with Crippen molar-refractivity contribution in [2.75, 3.05) is 19.8 Å². The van der Waals surface area contributed by atoms with Crippen LogP contribution in [0.1, 0.15) is 77.8 Å². The Morgan fingerprint density at radius 1 is 1.20 bits per heavy atom. The summed E-state index contributed by atoms with van der Waals surface area (Å²) in [5, 5.41) is 13.6. The maximum atomic E-state index is 14.6. The van der Waals surface area contributed by atoms with Crippen molar-refractivity contribution in [3.63, 3.8) is 0 Å². The van der Waals surface area contributed by atoms with Gasteiger partial charge in [0.25, 0.3) is 0 Å². The number of hydrogen-bond donors (Lipinski definition) is 2. The van der Waals surface area contributed by atoms with Crippen molar-refractivity contribution in [2.24, 2.45) is 17.8 Å². The van der Waals surface area contributed by atoms with Gasteiger partial charge in [0.15, 0.2) is 0 Å². The number of fused-ring (bicyclic) bond motifs is 1. The summed E-state index contributed by atoms with van der Waals surface area (Å²) < 4.78 is 12.2. The molecule has 0 aliphatic carbocycles. The molecule has 1 spiro atoms. The first-order valence-corrected chi connectivity index (χ1v) is 16.7. The molecule has 2 bridgehead atoms. The van der Waals surface area contributed by atoms with Crippen LogP contribution in [0, 0.1) is 17.8 Å². The van der Waals surface area contributed by atoms with Crippen LogP contribution >= 0.6 is 0 Å². The zero-order valence-corrected chi connectivity index (χ0v) is 27.7. The van der Waals surface area contributed by atoms with Gasteiger partial charge in [-0.2, -0.15) is 0 Å². The number of benzene rings is 1. The molecule has 0 saturated carbocycles. The summed E-state index contributed by atoms with van der Waals surface area (Å²) in [6.45, 7) is 15.3. The van der Waals surface area contributed by atoms with E-state index in [2.05, 4.69) is 25.4 Å². The van der Waals surface area contributed by atoms with Gasteiger partial charge in [-0.25, -0.2) is 0 Å². The fourth-order valence-electron chi connectivity index (χ4n) is 7.65. The highest BCUT2D eigenvalue weighted by atomic mass is 16.5. The Labute approximate surface area is 273 Å². The number of aliphatic hydroxyl groups excluding tert-OH is 1. The van der Waals surface area contributed by atoms with E-state index < -0.39 is 47.6 Å². The van der Waals surface area contributed by atoms with E-state index in [1.807, 2.05) is 51.1 Å². The third-order valence-corrected chi connectivity index (χ3v) is 9.92. The molecule has 0 aromatic heterocycles. The lowest BCUT2D eigenvalue weighted by Crippen LogP contribution is -2.60. The Morgan fingerprint density at radius 3 is 2.52 bits per heavy atom. The van der Waals surface area contributed by atoms with Gasteiger partial charge >= 0.3 is 5.97 Å². The first-order valence-electron chi connectivity index (χ1n) is 16.7. The summed E-state index contributed by atoms with van der Waals surface area (Å²) in [6.07, 6.45) is 6.07. The van der Waals surface area contributed by atoms with Crippen LogP contribution in [0.4, 0.5) is 0 Å². The van der Waals surface area contributed by atoms with Crippen LogP contribution in [0.25, 0.3) is 0 Å². The quantitative estimate of drug-likeness (QED) is 0.196. The average Bonchev–Trinajstić information content (AvgIpc) is 3.68. The highest BCUT2D eigenvalue weighted by molar-refractivity contribution is 5.99. The van der Waals surface area contributed by atoms with Gasteiger partial charge in [-0.3, -0.25) is 19.2 Å². The van der Waals surface area contributed by atoms with Crippen LogP contribution in [0.2, 0.25) is 0 Å². The standard InChI is InChI=1S/C36H51N3O7/c1-7-10-17-29(41)45-22-26(25-15-12-11-13-16-25)37-33(42)30-28-18-19-36(46-28)31(30)34(43)39(27(21-40)23(4)5)32(36)35(44)38(20-9-3)24(6)14-8-2/h7,9,11-13,15-16,23-24,26-28,30-32,40H,1,3,8,10,14,17-22H2,2,4-6H3,(H,37,42)/t24?,26-,27+,28+,30-,31-,32+,36-/m1/s1. The summed E-state index contributed by atoms with van der Waals surface area (Å²) in [7, 11) is 0. The van der Waals surface area contributed by atoms with Crippen molar-refractivity contribution in [1.82, 2.24) is 15.1 Å². The van der Waals surface area contributed by atoms with Crippen LogP contribution in [-0.4, -0.2) is 88.2 Å². The molecular weight excluding hydrogens is 586 g/mol. The Bertz CT molecular complexity index is 1270. The Morgan fingerprint density at radius 2 is 1.91 bits per heavy atom. The van der Waals surface area contributed by atoms with E-state index in [-0.39, 0.29) is 49.3 Å². The van der Waals surface area contributed by atoms with E-state index in [0.717, 1.165) is 18.4 Å². The van der Waals surface area contributed by atoms with Crippen molar-refractivity contribution in [1.29, 1.82) is 0 Å². The van der Waals surface area contributed by atoms with E-state index in [1.165, 1.54) is 4.90 Å². The Kier molecular flexibility index (Phi) is 11.8. The molecule has 3 amide bonds. The molecule has 1 unspecified atom stereocenters. The van der Waals surface area contributed by atoms with E-state index in [9.17, 15) is 24.3 Å². The van der Waals surface area contributed by atoms with E-state index in [0.29, 0.717) is 25.8 Å². The van der Waals surface area contributed by atoms with Gasteiger partial charge < -0.3 is 29.7 Å². The zero-order valence-electron chi connectivity index (χ0n) is 27.7. The molecule has 8 atom stereocenters. The van der Waals surface area contributed by atoms with Crippen LogP contribution < -0.4 is 5.32 Å². The second-order valence-corrected chi connectivity index (χ2v) is 13.2. The summed E-state index contributed by atoms with van der Waals surface area (Å²) in [6, 6.07) is 6.86. The number of nitrogens with one attached hydrogen (secondary N) is 1. The SMILES string of the molecule is C=CCCC(=O)OC[C@@H](NC(=O)[C@@H]1[C@@H]2CC[C@]3(O2)[C@H](C(=O)N(CC=C)C(C)CCC)N([C@@H](CO)C(C)C)C(=O)[C@@H]13)c1ccccc1. The molecule has 3 aliphatic heterocycles. The van der Waals surface area contributed by atoms with Crippen LogP contribution in [0.5, 0.6) is 0 Å². The van der Waals surface area contributed by atoms with Crippen molar-refractivity contribution in [3.8, 4) is 0 Å². The Balaban J connectivity index is 1.69. The molecule has 2 N–H and O–H groups in total. The fourth-order valence-corrected chi connectivity index (χ4v) is 7.65. The molecular formula is C36H51N3O7. The van der Waals surface area contributed by atoms with Gasteiger partial charge in [0.05, 0.1) is 36.6 Å². The molecule has 252 valence electrons. The third kappa shape index (κ3) is 6.79. The van der Waals surface area contributed by atoms with Gasteiger partial charge in [-0.15, -0.1) is 13.2 Å². The summed E-state index contributed by atoms with van der Waals surface area (Å²) in [5.74, 6) is -3.27. The van der Waals surface area contributed by atoms with Gasteiger partial charge in [0.2, 0.25) is 17.7 Å². The van der Waals surface area contributed by atoms with Gasteiger partial charge in [0.1, 0.15) is 18.2 Å².